The lowest BCUT2D eigenvalue weighted by molar-refractivity contribution is -0.354. The first kappa shape index (κ1) is 34.8. The number of esters is 1. The monoisotopic (exact) mass is 656 g/mol. The van der Waals surface area contributed by atoms with Crippen LogP contribution in [0.5, 0.6) is 0 Å². The number of fused-ring (bicyclic) bond motifs is 1. The van der Waals surface area contributed by atoms with Gasteiger partial charge in [-0.1, -0.05) is 30.3 Å². The number of carbonyl (C=O) groups excluding carboxylic acids is 1. The predicted octanol–water partition coefficient (Wildman–Crippen LogP) is -3.38. The molecule has 9 N–H and O–H groups in total. The molecular formula is C30H40O16. The lowest BCUT2D eigenvalue weighted by Gasteiger charge is -2.46. The molecule has 4 aliphatic rings. The van der Waals surface area contributed by atoms with E-state index < -0.39 is 110 Å². The summed E-state index contributed by atoms with van der Waals surface area (Å²) in [5.74, 6) is -2.19. The number of aliphatic hydroxyl groups is 9. The van der Waals surface area contributed by atoms with Gasteiger partial charge in [-0.05, 0) is 24.6 Å². The molecule has 15 atom stereocenters. The third-order valence-electron chi connectivity index (χ3n) is 8.89. The SMILES string of the molecule is C[C@]1(OC(=O)/C=C/c2ccccc2)C[C@@H](O[C@@H]2O[C@H](CO)[C@@H](O)[C@H](O)[C@H]2O)[C@]2(O)C=CO[C@@H](O[C@@H]3O[C@H](CO)[C@@H](O)[C@H](O)[C@H]3O)[C@@H]21. The molecule has 0 unspecified atom stereocenters. The molecule has 3 aliphatic heterocycles. The molecule has 46 heavy (non-hydrogen) atoms. The van der Waals surface area contributed by atoms with Crippen molar-refractivity contribution in [1.29, 1.82) is 0 Å². The van der Waals surface area contributed by atoms with E-state index in [9.17, 15) is 50.8 Å². The van der Waals surface area contributed by atoms with E-state index >= 15 is 0 Å². The molecule has 2 saturated heterocycles. The van der Waals surface area contributed by atoms with Gasteiger partial charge in [-0.3, -0.25) is 0 Å². The summed E-state index contributed by atoms with van der Waals surface area (Å²) in [5, 5.41) is 93.5. The predicted molar refractivity (Wildman–Crippen MR) is 151 cm³/mol. The highest BCUT2D eigenvalue weighted by atomic mass is 16.8. The van der Waals surface area contributed by atoms with Crippen molar-refractivity contribution < 1.29 is 79.2 Å². The summed E-state index contributed by atoms with van der Waals surface area (Å²) in [5.41, 5.74) is -3.10. The zero-order valence-electron chi connectivity index (χ0n) is 24.7. The van der Waals surface area contributed by atoms with E-state index in [-0.39, 0.29) is 6.42 Å². The van der Waals surface area contributed by atoms with Crippen LogP contribution in [0.3, 0.4) is 0 Å². The Morgan fingerprint density at radius 2 is 1.41 bits per heavy atom. The van der Waals surface area contributed by atoms with Crippen molar-refractivity contribution in [3.63, 3.8) is 0 Å². The fourth-order valence-electron chi connectivity index (χ4n) is 6.39. The van der Waals surface area contributed by atoms with Crippen molar-refractivity contribution in [2.45, 2.75) is 98.4 Å². The van der Waals surface area contributed by atoms with Crippen LogP contribution < -0.4 is 0 Å². The first-order chi connectivity index (χ1) is 21.8. The second kappa shape index (κ2) is 13.9. The van der Waals surface area contributed by atoms with E-state index in [4.69, 9.17) is 28.4 Å². The van der Waals surface area contributed by atoms with Gasteiger partial charge in [0.25, 0.3) is 0 Å². The largest absolute Gasteiger partial charge is 0.472 e. The third kappa shape index (κ3) is 6.59. The van der Waals surface area contributed by atoms with Crippen molar-refractivity contribution in [2.24, 2.45) is 5.92 Å². The van der Waals surface area contributed by atoms with Crippen LogP contribution >= 0.6 is 0 Å². The molecule has 1 aromatic carbocycles. The average molecular weight is 657 g/mol. The number of hydrogen-bond donors (Lipinski definition) is 9. The van der Waals surface area contributed by atoms with Crippen LogP contribution in [-0.2, 0) is 33.2 Å². The molecule has 0 aromatic heterocycles. The van der Waals surface area contributed by atoms with E-state index in [2.05, 4.69) is 0 Å². The smallest absolute Gasteiger partial charge is 0.331 e. The fourth-order valence-corrected chi connectivity index (χ4v) is 6.39. The highest BCUT2D eigenvalue weighted by molar-refractivity contribution is 5.87. The Hall–Kier alpha value is -2.55. The van der Waals surface area contributed by atoms with Crippen LogP contribution in [0.4, 0.5) is 0 Å². The highest BCUT2D eigenvalue weighted by Gasteiger charge is 2.68. The Bertz CT molecular complexity index is 1240. The van der Waals surface area contributed by atoms with E-state index in [1.54, 1.807) is 30.3 Å². The van der Waals surface area contributed by atoms with Gasteiger partial charge < -0.3 is 74.4 Å². The summed E-state index contributed by atoms with van der Waals surface area (Å²) in [6.45, 7) is -0.00438. The van der Waals surface area contributed by atoms with Gasteiger partial charge in [0.2, 0.25) is 6.29 Å². The first-order valence-corrected chi connectivity index (χ1v) is 14.8. The molecule has 0 bridgehead atoms. The lowest BCUT2D eigenvalue weighted by Crippen LogP contribution is -2.63. The zero-order chi connectivity index (χ0) is 33.4. The lowest BCUT2D eigenvalue weighted by atomic mass is 9.81. The maximum atomic E-state index is 13.1. The molecule has 16 nitrogen and oxygen atoms in total. The second-order valence-corrected chi connectivity index (χ2v) is 12.0. The zero-order valence-corrected chi connectivity index (χ0v) is 24.7. The highest BCUT2D eigenvalue weighted by Crippen LogP contribution is 2.53. The standard InChI is InChI=1S/C30H40O16/c1-29(46-18(33)8-7-14-5-3-2-4-6-14)11-17(44-26-23(38)21(36)19(34)15(12-31)42-26)30(40)9-10-41-28(25(29)30)45-27-24(39)22(37)20(35)16(13-32)43-27/h2-10,15-17,19-28,31-32,34-40H,11-13H2,1H3/b8-7+/t15-,16-,17-,19-,20-,21+,22+,23-,24-,25-,26+,27+,28+,29+,30-/m1/s1. The number of ether oxygens (including phenoxy) is 6. The first-order valence-electron chi connectivity index (χ1n) is 14.8. The maximum absolute atomic E-state index is 13.1. The summed E-state index contributed by atoms with van der Waals surface area (Å²) < 4.78 is 34.3. The van der Waals surface area contributed by atoms with Crippen LogP contribution in [0, 0.1) is 5.92 Å². The van der Waals surface area contributed by atoms with E-state index in [1.807, 2.05) is 0 Å². The van der Waals surface area contributed by atoms with Gasteiger partial charge >= 0.3 is 5.97 Å². The average Bonchev–Trinajstić information content (AvgIpc) is 3.26. The summed E-state index contributed by atoms with van der Waals surface area (Å²) >= 11 is 0. The molecule has 5 rings (SSSR count). The number of benzene rings is 1. The van der Waals surface area contributed by atoms with Crippen LogP contribution in [0.15, 0.2) is 48.7 Å². The van der Waals surface area contributed by atoms with Crippen LogP contribution in [0.25, 0.3) is 6.08 Å². The fraction of sp³-hybridized carbons (Fsp3) is 0.633. The van der Waals surface area contributed by atoms with Crippen LogP contribution in [-0.4, -0.2) is 150 Å². The normalized spacial score (nSPS) is 45.7. The van der Waals surface area contributed by atoms with Gasteiger partial charge in [0.1, 0.15) is 60.0 Å². The minimum absolute atomic E-state index is 0.281. The Kier molecular flexibility index (Phi) is 10.5. The Labute approximate surface area is 263 Å². The molecule has 1 saturated carbocycles. The van der Waals surface area contributed by atoms with Gasteiger partial charge in [-0.15, -0.1) is 0 Å². The van der Waals surface area contributed by atoms with E-state index in [0.717, 1.165) is 6.26 Å². The van der Waals surface area contributed by atoms with Crippen LogP contribution in [0.1, 0.15) is 18.9 Å². The number of hydrogen-bond acceptors (Lipinski definition) is 16. The van der Waals surface area contributed by atoms with Crippen molar-refractivity contribution in [2.75, 3.05) is 13.2 Å². The molecule has 3 fully saturated rings. The van der Waals surface area contributed by atoms with Gasteiger partial charge in [0.15, 0.2) is 12.6 Å². The summed E-state index contributed by atoms with van der Waals surface area (Å²) in [6, 6.07) is 8.87. The van der Waals surface area contributed by atoms with Crippen molar-refractivity contribution in [3.05, 3.63) is 54.3 Å². The molecule has 0 amide bonds. The molecule has 16 heteroatoms. The van der Waals surface area contributed by atoms with E-state index in [0.29, 0.717) is 5.56 Å². The minimum Gasteiger partial charge on any atom is -0.472 e. The maximum Gasteiger partial charge on any atom is 0.331 e. The number of rotatable bonds is 9. The summed E-state index contributed by atoms with van der Waals surface area (Å²) in [4.78, 5) is 13.1. The molecule has 0 spiro atoms. The Morgan fingerprint density at radius 3 is 1.98 bits per heavy atom. The molecule has 1 aromatic rings. The molecule has 256 valence electrons. The quantitative estimate of drug-likeness (QED) is 0.0928. The van der Waals surface area contributed by atoms with Gasteiger partial charge in [-0.2, -0.15) is 0 Å². The Balaban J connectivity index is 1.44. The summed E-state index contributed by atoms with van der Waals surface area (Å²) in [6.07, 6.45) is -14.8. The van der Waals surface area contributed by atoms with Crippen molar-refractivity contribution in [1.82, 2.24) is 0 Å². The Morgan fingerprint density at radius 1 is 0.848 bits per heavy atom. The molecule has 3 heterocycles. The van der Waals surface area contributed by atoms with Crippen molar-refractivity contribution >= 4 is 12.0 Å². The van der Waals surface area contributed by atoms with Crippen molar-refractivity contribution in [3.8, 4) is 0 Å². The second-order valence-electron chi connectivity index (χ2n) is 12.0. The van der Waals surface area contributed by atoms with Crippen LogP contribution in [0.2, 0.25) is 0 Å². The number of aliphatic hydroxyl groups excluding tert-OH is 8. The third-order valence-corrected chi connectivity index (χ3v) is 8.89. The molecule has 0 radical (unpaired) electrons. The van der Waals surface area contributed by atoms with Gasteiger partial charge in [-0.25, -0.2) is 4.79 Å². The topological polar surface area (TPSA) is 255 Å². The molecular weight excluding hydrogens is 616 g/mol. The molecule has 1 aliphatic carbocycles. The minimum atomic E-state index is -2.12. The van der Waals surface area contributed by atoms with E-state index in [1.165, 1.54) is 25.2 Å². The summed E-state index contributed by atoms with van der Waals surface area (Å²) in [7, 11) is 0. The van der Waals surface area contributed by atoms with Gasteiger partial charge in [0.05, 0.1) is 31.5 Å². The number of carbonyl (C=O) groups is 1. The van der Waals surface area contributed by atoms with Gasteiger partial charge in [0, 0.05) is 12.5 Å².